The molecule has 0 radical (unpaired) electrons. The van der Waals surface area contributed by atoms with Gasteiger partial charge in [0.2, 0.25) is 0 Å². The molecule has 13 rings (SSSR count). The summed E-state index contributed by atoms with van der Waals surface area (Å²) in [5, 5.41) is 4.31. The van der Waals surface area contributed by atoms with Crippen molar-refractivity contribution in [2.45, 2.75) is 19.3 Å². The highest BCUT2D eigenvalue weighted by atomic mass is 16.3. The highest BCUT2D eigenvalue weighted by molar-refractivity contribution is 6.27. The summed E-state index contributed by atoms with van der Waals surface area (Å²) >= 11 is 0. The van der Waals surface area contributed by atoms with E-state index in [0.717, 1.165) is 83.2 Å². The number of rotatable bonds is 7. The molecule has 1 aliphatic rings. The van der Waals surface area contributed by atoms with Crippen LogP contribution >= 0.6 is 0 Å². The Balaban J connectivity index is 0.971. The molecule has 1 aliphatic carbocycles. The maximum absolute atomic E-state index is 6.99. The molecule has 312 valence electrons. The predicted molar refractivity (Wildman–Crippen MR) is 275 cm³/mol. The van der Waals surface area contributed by atoms with Crippen LogP contribution < -0.4 is 4.90 Å². The fourth-order valence-corrected chi connectivity index (χ4v) is 10.6. The maximum Gasteiger partial charge on any atom is 0.143 e. The average Bonchev–Trinajstić information content (AvgIpc) is 4.02. The van der Waals surface area contributed by atoms with E-state index in [2.05, 4.69) is 225 Å². The van der Waals surface area contributed by atoms with Gasteiger partial charge in [-0.3, -0.25) is 0 Å². The Morgan fingerprint density at radius 1 is 0.333 bits per heavy atom. The molecular weight excluding hydrogens is 803 g/mol. The predicted octanol–water partition coefficient (Wildman–Crippen LogP) is 17.9. The zero-order chi connectivity index (χ0) is 43.9. The zero-order valence-electron chi connectivity index (χ0n) is 36.6. The SMILES string of the molecule is CC1(C)c2ccccc2-c2ccc(N(c3ccc(-c4ccccc4)cc3)c3ccc(-c4ccc5c(oc6ccc7oc8ccccc8c7c65)c4-c4ccc(-c5ccccc5)cc4)cc3)cc21. The van der Waals surface area contributed by atoms with Crippen LogP contribution in [0.4, 0.5) is 17.1 Å². The fourth-order valence-electron chi connectivity index (χ4n) is 10.6. The van der Waals surface area contributed by atoms with Crippen LogP contribution in [0.5, 0.6) is 0 Å². The average molecular weight is 846 g/mol. The molecule has 0 saturated heterocycles. The highest BCUT2D eigenvalue weighted by Gasteiger charge is 2.36. The second-order valence-electron chi connectivity index (χ2n) is 18.0. The van der Waals surface area contributed by atoms with Crippen molar-refractivity contribution in [3.63, 3.8) is 0 Å². The van der Waals surface area contributed by atoms with Crippen LogP contribution in [0.2, 0.25) is 0 Å². The smallest absolute Gasteiger partial charge is 0.143 e. The van der Waals surface area contributed by atoms with Gasteiger partial charge >= 0.3 is 0 Å². The first-order chi connectivity index (χ1) is 32.5. The van der Waals surface area contributed by atoms with Crippen LogP contribution in [-0.2, 0) is 5.41 Å². The molecule has 3 nitrogen and oxygen atoms in total. The number of para-hydroxylation sites is 1. The van der Waals surface area contributed by atoms with Gasteiger partial charge in [0.1, 0.15) is 22.3 Å². The van der Waals surface area contributed by atoms with Crippen LogP contribution in [-0.4, -0.2) is 0 Å². The molecule has 0 saturated carbocycles. The van der Waals surface area contributed by atoms with Gasteiger partial charge in [0.25, 0.3) is 0 Å². The Morgan fingerprint density at radius 2 is 0.833 bits per heavy atom. The van der Waals surface area contributed by atoms with E-state index in [0.29, 0.717) is 0 Å². The van der Waals surface area contributed by atoms with E-state index in [4.69, 9.17) is 8.83 Å². The maximum atomic E-state index is 6.99. The minimum absolute atomic E-state index is 0.129. The van der Waals surface area contributed by atoms with E-state index in [1.165, 1.54) is 44.5 Å². The molecule has 0 N–H and O–H groups in total. The third kappa shape index (κ3) is 5.97. The Bertz CT molecular complexity index is 3800. The summed E-state index contributed by atoms with van der Waals surface area (Å²) in [5.74, 6) is 0. The van der Waals surface area contributed by atoms with E-state index in [9.17, 15) is 0 Å². The molecule has 0 bridgehead atoms. The van der Waals surface area contributed by atoms with Crippen molar-refractivity contribution in [2.75, 3.05) is 4.90 Å². The molecule has 0 spiro atoms. The third-order valence-corrected chi connectivity index (χ3v) is 13.9. The van der Waals surface area contributed by atoms with Crippen molar-refractivity contribution in [3.8, 4) is 55.6 Å². The molecule has 10 aromatic carbocycles. The lowest BCUT2D eigenvalue weighted by Gasteiger charge is -2.28. The number of nitrogens with zero attached hydrogens (tertiary/aromatic N) is 1. The molecular formula is C63H43NO2. The second-order valence-corrected chi connectivity index (χ2v) is 18.0. The van der Waals surface area contributed by atoms with Gasteiger partial charge in [0.15, 0.2) is 0 Å². The first-order valence-electron chi connectivity index (χ1n) is 22.7. The van der Waals surface area contributed by atoms with Gasteiger partial charge < -0.3 is 13.7 Å². The Kier molecular flexibility index (Phi) is 8.56. The standard InChI is InChI=1S/C63H43NO2/c1-63(2)54-19-11-9-17-50(54)51-34-33-48(39-55(51)63)64(46-29-25-43(26-30-46)41-15-7-4-8-16-41)47-31-27-44(28-32-47)49-35-36-53-61-58(38-37-57-60(61)52-18-10-12-20-56(52)65-57)66-62(53)59(49)45-23-21-42(22-24-45)40-13-5-3-6-14-40/h3-39H,1-2H3. The lowest BCUT2D eigenvalue weighted by Crippen LogP contribution is -2.16. The van der Waals surface area contributed by atoms with E-state index in [-0.39, 0.29) is 5.41 Å². The topological polar surface area (TPSA) is 29.5 Å². The second kappa shape index (κ2) is 14.8. The summed E-state index contributed by atoms with van der Waals surface area (Å²) in [6.45, 7) is 4.70. The van der Waals surface area contributed by atoms with Crippen molar-refractivity contribution in [1.82, 2.24) is 0 Å². The third-order valence-electron chi connectivity index (χ3n) is 13.9. The van der Waals surface area contributed by atoms with Crippen LogP contribution in [0.3, 0.4) is 0 Å². The lowest BCUT2D eigenvalue weighted by molar-refractivity contribution is 0.660. The van der Waals surface area contributed by atoms with Crippen LogP contribution in [0.1, 0.15) is 25.0 Å². The molecule has 12 aromatic rings. The van der Waals surface area contributed by atoms with Crippen LogP contribution in [0, 0.1) is 0 Å². The van der Waals surface area contributed by atoms with Gasteiger partial charge in [-0.2, -0.15) is 0 Å². The number of hydrogen-bond donors (Lipinski definition) is 0. The Morgan fingerprint density at radius 3 is 1.53 bits per heavy atom. The van der Waals surface area contributed by atoms with Gasteiger partial charge in [-0.1, -0.05) is 178 Å². The summed E-state index contributed by atoms with van der Waals surface area (Å²) in [4.78, 5) is 2.39. The largest absolute Gasteiger partial charge is 0.456 e. The number of fused-ring (bicyclic) bond motifs is 10. The highest BCUT2D eigenvalue weighted by Crippen LogP contribution is 2.51. The molecule has 0 atom stereocenters. The lowest BCUT2D eigenvalue weighted by atomic mass is 9.82. The van der Waals surface area contributed by atoms with Gasteiger partial charge in [-0.15, -0.1) is 0 Å². The minimum Gasteiger partial charge on any atom is -0.456 e. The number of benzene rings is 10. The van der Waals surface area contributed by atoms with E-state index >= 15 is 0 Å². The molecule has 3 heteroatoms. The van der Waals surface area contributed by atoms with Crippen molar-refractivity contribution in [3.05, 3.63) is 236 Å². The molecule has 0 unspecified atom stereocenters. The molecule has 0 aliphatic heterocycles. The minimum atomic E-state index is -0.129. The molecule has 0 amide bonds. The van der Waals surface area contributed by atoms with Gasteiger partial charge in [0.05, 0.1) is 0 Å². The van der Waals surface area contributed by atoms with E-state index in [1.54, 1.807) is 0 Å². The molecule has 0 fully saturated rings. The first kappa shape index (κ1) is 38.1. The van der Waals surface area contributed by atoms with Crippen molar-refractivity contribution < 1.29 is 8.83 Å². The summed E-state index contributed by atoms with van der Waals surface area (Å²) in [5.41, 5.74) is 21.0. The number of hydrogen-bond acceptors (Lipinski definition) is 3. The summed E-state index contributed by atoms with van der Waals surface area (Å²) in [6.07, 6.45) is 0. The quantitative estimate of drug-likeness (QED) is 0.160. The van der Waals surface area contributed by atoms with E-state index in [1.807, 2.05) is 18.2 Å². The first-order valence-corrected chi connectivity index (χ1v) is 22.7. The molecule has 2 aromatic heterocycles. The monoisotopic (exact) mass is 845 g/mol. The van der Waals surface area contributed by atoms with Crippen LogP contribution in [0.25, 0.3) is 99.5 Å². The molecule has 2 heterocycles. The van der Waals surface area contributed by atoms with Crippen molar-refractivity contribution >= 4 is 60.9 Å². The normalized spacial score (nSPS) is 12.8. The summed E-state index contributed by atoms with van der Waals surface area (Å²) in [7, 11) is 0. The molecule has 66 heavy (non-hydrogen) atoms. The van der Waals surface area contributed by atoms with Crippen LogP contribution in [0.15, 0.2) is 233 Å². The number of furan rings is 2. The van der Waals surface area contributed by atoms with Gasteiger partial charge in [-0.05, 0) is 122 Å². The van der Waals surface area contributed by atoms with Gasteiger partial charge in [-0.25, -0.2) is 0 Å². The van der Waals surface area contributed by atoms with E-state index < -0.39 is 0 Å². The summed E-state index contributed by atoms with van der Waals surface area (Å²) < 4.78 is 13.4. The Labute approximate surface area is 383 Å². The zero-order valence-corrected chi connectivity index (χ0v) is 36.6. The van der Waals surface area contributed by atoms with Crippen molar-refractivity contribution in [1.29, 1.82) is 0 Å². The summed E-state index contributed by atoms with van der Waals surface area (Å²) in [6, 6.07) is 80.8. The number of anilines is 3. The van der Waals surface area contributed by atoms with Crippen molar-refractivity contribution in [2.24, 2.45) is 0 Å². The Hall–Kier alpha value is -8.40. The van der Waals surface area contributed by atoms with Gasteiger partial charge in [0, 0.05) is 49.6 Å². The fraction of sp³-hybridized carbons (Fsp3) is 0.0476.